The summed E-state index contributed by atoms with van der Waals surface area (Å²) in [5.74, 6) is -0.0989. The van der Waals surface area contributed by atoms with Crippen molar-refractivity contribution in [1.29, 1.82) is 0 Å². The molecular weight excluding hydrogens is 328 g/mol. The molecule has 1 amide bonds. The number of sulfonamides is 1. The van der Waals surface area contributed by atoms with Crippen molar-refractivity contribution in [3.05, 3.63) is 35.9 Å². The first-order valence-electron chi connectivity index (χ1n) is 7.97. The Morgan fingerprint density at radius 2 is 2.00 bits per heavy atom. The molecule has 0 bridgehead atoms. The van der Waals surface area contributed by atoms with Crippen LogP contribution in [0.4, 0.5) is 0 Å². The molecule has 2 rings (SSSR count). The van der Waals surface area contributed by atoms with E-state index in [1.165, 1.54) is 6.08 Å². The molecule has 132 valence electrons. The fourth-order valence-electron chi connectivity index (χ4n) is 2.10. The van der Waals surface area contributed by atoms with Crippen LogP contribution in [-0.2, 0) is 19.6 Å². The molecule has 1 N–H and O–H groups in total. The van der Waals surface area contributed by atoms with Gasteiger partial charge in [0.15, 0.2) is 0 Å². The van der Waals surface area contributed by atoms with Gasteiger partial charge in [0.2, 0.25) is 15.9 Å². The summed E-state index contributed by atoms with van der Waals surface area (Å²) in [7, 11) is -0.0641. The van der Waals surface area contributed by atoms with Crippen LogP contribution < -0.4 is 4.72 Å². The second-order valence-corrected chi connectivity index (χ2v) is 7.62. The normalized spacial score (nSPS) is 14.9. The van der Waals surface area contributed by atoms with Crippen LogP contribution >= 0.6 is 0 Å². The van der Waals surface area contributed by atoms with Gasteiger partial charge in [-0.15, -0.1) is 0 Å². The van der Waals surface area contributed by atoms with Gasteiger partial charge < -0.3 is 9.64 Å². The van der Waals surface area contributed by atoms with E-state index < -0.39 is 10.0 Å². The second-order valence-electron chi connectivity index (χ2n) is 5.90. The van der Waals surface area contributed by atoms with E-state index in [4.69, 9.17) is 4.74 Å². The molecule has 1 saturated carbocycles. The molecule has 1 fully saturated rings. The Bertz CT molecular complexity index is 679. The van der Waals surface area contributed by atoms with Crippen molar-refractivity contribution in [3.8, 4) is 0 Å². The molecule has 1 aliphatic rings. The highest BCUT2D eigenvalue weighted by atomic mass is 32.2. The number of likely N-dealkylation sites (N-methyl/N-ethyl adjacent to an activating group) is 1. The lowest BCUT2D eigenvalue weighted by Gasteiger charge is -2.14. The van der Waals surface area contributed by atoms with Gasteiger partial charge in [0.1, 0.15) is 0 Å². The minimum absolute atomic E-state index is 0.0841. The first-order valence-corrected chi connectivity index (χ1v) is 9.45. The molecule has 0 aliphatic heterocycles. The number of carbonyl (C=O) groups is 1. The van der Waals surface area contributed by atoms with E-state index in [2.05, 4.69) is 4.72 Å². The lowest BCUT2D eigenvalue weighted by atomic mass is 10.2. The Kier molecular flexibility index (Phi) is 6.53. The van der Waals surface area contributed by atoms with E-state index in [-0.39, 0.29) is 16.8 Å². The minimum Gasteiger partial charge on any atom is -0.385 e. The number of benzene rings is 1. The summed E-state index contributed by atoms with van der Waals surface area (Å²) in [6, 6.07) is 6.57. The third-order valence-corrected chi connectivity index (χ3v) is 5.26. The van der Waals surface area contributed by atoms with Gasteiger partial charge in [-0.05, 0) is 43.0 Å². The average molecular weight is 352 g/mol. The van der Waals surface area contributed by atoms with Crippen LogP contribution in [0.5, 0.6) is 0 Å². The predicted molar refractivity (Wildman–Crippen MR) is 92.9 cm³/mol. The highest BCUT2D eigenvalue weighted by Crippen LogP contribution is 2.22. The van der Waals surface area contributed by atoms with E-state index in [0.717, 1.165) is 24.8 Å². The van der Waals surface area contributed by atoms with Crippen molar-refractivity contribution in [2.45, 2.75) is 30.2 Å². The molecule has 0 heterocycles. The van der Waals surface area contributed by atoms with Gasteiger partial charge >= 0.3 is 0 Å². The van der Waals surface area contributed by atoms with Crippen LogP contribution in [-0.4, -0.2) is 52.6 Å². The predicted octanol–water partition coefficient (Wildman–Crippen LogP) is 1.64. The lowest BCUT2D eigenvalue weighted by molar-refractivity contribution is -0.124. The maximum absolute atomic E-state index is 12.1. The molecule has 0 unspecified atom stereocenters. The molecule has 1 aromatic carbocycles. The Morgan fingerprint density at radius 1 is 1.33 bits per heavy atom. The number of amides is 1. The Labute approximate surface area is 143 Å². The third-order valence-electron chi connectivity index (χ3n) is 3.73. The molecule has 0 spiro atoms. The fraction of sp³-hybridized carbons (Fsp3) is 0.471. The number of ether oxygens (including phenoxy) is 1. The van der Waals surface area contributed by atoms with Crippen LogP contribution in [0.1, 0.15) is 24.8 Å². The van der Waals surface area contributed by atoms with Crippen LogP contribution in [0.3, 0.4) is 0 Å². The quantitative estimate of drug-likeness (QED) is 0.541. The molecule has 0 saturated heterocycles. The number of rotatable bonds is 9. The third kappa shape index (κ3) is 5.74. The van der Waals surface area contributed by atoms with E-state index in [1.807, 2.05) is 0 Å². The summed E-state index contributed by atoms with van der Waals surface area (Å²) in [4.78, 5) is 13.8. The Balaban J connectivity index is 1.91. The largest absolute Gasteiger partial charge is 0.385 e. The van der Waals surface area contributed by atoms with Gasteiger partial charge in [0.05, 0.1) is 4.90 Å². The van der Waals surface area contributed by atoms with Gasteiger partial charge in [0.25, 0.3) is 0 Å². The van der Waals surface area contributed by atoms with Gasteiger partial charge in [-0.25, -0.2) is 13.1 Å². The maximum Gasteiger partial charge on any atom is 0.246 e. The smallest absolute Gasteiger partial charge is 0.246 e. The molecular formula is C17H24N2O4S. The lowest BCUT2D eigenvalue weighted by Crippen LogP contribution is -2.26. The highest BCUT2D eigenvalue weighted by molar-refractivity contribution is 7.89. The number of hydrogen-bond donors (Lipinski definition) is 1. The molecule has 0 radical (unpaired) electrons. The minimum atomic E-state index is -3.43. The van der Waals surface area contributed by atoms with Crippen LogP contribution in [0.15, 0.2) is 35.2 Å². The number of nitrogens with zero attached hydrogens (tertiary/aromatic N) is 1. The summed E-state index contributed by atoms with van der Waals surface area (Å²) in [5.41, 5.74) is 0.777. The van der Waals surface area contributed by atoms with Gasteiger partial charge in [0, 0.05) is 39.4 Å². The molecule has 0 aromatic heterocycles. The van der Waals surface area contributed by atoms with Crippen molar-refractivity contribution >= 4 is 22.0 Å². The zero-order valence-corrected chi connectivity index (χ0v) is 14.9. The monoisotopic (exact) mass is 352 g/mol. The van der Waals surface area contributed by atoms with E-state index in [0.29, 0.717) is 13.2 Å². The number of hydrogen-bond acceptors (Lipinski definition) is 4. The summed E-state index contributed by atoms with van der Waals surface area (Å²) >= 11 is 0. The molecule has 7 heteroatoms. The van der Waals surface area contributed by atoms with E-state index >= 15 is 0 Å². The Hall–Kier alpha value is -1.70. The summed E-state index contributed by atoms with van der Waals surface area (Å²) in [5, 5.41) is 0. The van der Waals surface area contributed by atoms with Gasteiger partial charge in [-0.2, -0.15) is 0 Å². The number of nitrogens with one attached hydrogen (secondary N) is 1. The second kappa shape index (κ2) is 8.41. The SMILES string of the molecule is COCCCN(C)C(=O)/C=C/c1ccc(S(=O)(=O)NC2CC2)cc1. The Morgan fingerprint density at radius 3 is 2.58 bits per heavy atom. The topological polar surface area (TPSA) is 75.7 Å². The van der Waals surface area contributed by atoms with Crippen LogP contribution in [0.2, 0.25) is 0 Å². The molecule has 1 aromatic rings. The zero-order chi connectivity index (χ0) is 17.6. The van der Waals surface area contributed by atoms with Crippen molar-refractivity contribution in [2.75, 3.05) is 27.3 Å². The van der Waals surface area contributed by atoms with E-state index in [1.54, 1.807) is 49.4 Å². The van der Waals surface area contributed by atoms with Crippen molar-refractivity contribution in [1.82, 2.24) is 9.62 Å². The average Bonchev–Trinajstić information content (AvgIpc) is 3.36. The summed E-state index contributed by atoms with van der Waals surface area (Å²) in [6.45, 7) is 1.24. The summed E-state index contributed by atoms with van der Waals surface area (Å²) < 4.78 is 31.7. The molecule has 0 atom stereocenters. The molecule has 24 heavy (non-hydrogen) atoms. The first-order chi connectivity index (χ1) is 11.4. The zero-order valence-electron chi connectivity index (χ0n) is 14.1. The highest BCUT2D eigenvalue weighted by Gasteiger charge is 2.27. The summed E-state index contributed by atoms with van der Waals surface area (Å²) in [6.07, 6.45) is 5.76. The first kappa shape index (κ1) is 18.6. The van der Waals surface area contributed by atoms with Crippen molar-refractivity contribution < 1.29 is 17.9 Å². The standard InChI is InChI=1S/C17H24N2O4S/c1-19(12-3-13-23-2)17(20)11-6-14-4-9-16(10-5-14)24(21,22)18-15-7-8-15/h4-6,9-11,15,18H,3,7-8,12-13H2,1-2H3/b11-6+. The fourth-order valence-corrected chi connectivity index (χ4v) is 3.40. The van der Waals surface area contributed by atoms with Crippen LogP contribution in [0, 0.1) is 0 Å². The van der Waals surface area contributed by atoms with Crippen molar-refractivity contribution in [3.63, 3.8) is 0 Å². The number of carbonyl (C=O) groups excluding carboxylic acids is 1. The van der Waals surface area contributed by atoms with Gasteiger partial charge in [-0.1, -0.05) is 12.1 Å². The van der Waals surface area contributed by atoms with Gasteiger partial charge in [-0.3, -0.25) is 4.79 Å². The van der Waals surface area contributed by atoms with Crippen LogP contribution in [0.25, 0.3) is 6.08 Å². The molecule has 6 nitrogen and oxygen atoms in total. The van der Waals surface area contributed by atoms with E-state index in [9.17, 15) is 13.2 Å². The maximum atomic E-state index is 12.1. The number of methoxy groups -OCH3 is 1. The van der Waals surface area contributed by atoms with Crippen molar-refractivity contribution in [2.24, 2.45) is 0 Å². The molecule has 1 aliphatic carbocycles.